The van der Waals surface area contributed by atoms with Gasteiger partial charge < -0.3 is 15.4 Å². The van der Waals surface area contributed by atoms with Crippen LogP contribution in [0.5, 0.6) is 0 Å². The minimum atomic E-state index is 0.120. The first-order chi connectivity index (χ1) is 10.1. The second-order valence-corrected chi connectivity index (χ2v) is 6.31. The number of rotatable bonds is 10. The van der Waals surface area contributed by atoms with Gasteiger partial charge in [0.05, 0.1) is 6.61 Å². The number of hydrogen-bond donors (Lipinski definition) is 2. The van der Waals surface area contributed by atoms with Gasteiger partial charge in [0.1, 0.15) is 0 Å². The maximum atomic E-state index is 11.6. The fraction of sp³-hybridized carbons (Fsp3) is 0.562. The third kappa shape index (κ3) is 8.75. The van der Waals surface area contributed by atoms with E-state index in [-0.39, 0.29) is 11.9 Å². The molecule has 1 aromatic carbocycles. The molecule has 4 nitrogen and oxygen atoms in total. The summed E-state index contributed by atoms with van der Waals surface area (Å²) >= 11 is 1.72. The Morgan fingerprint density at radius 2 is 2.19 bits per heavy atom. The highest BCUT2D eigenvalue weighted by Crippen LogP contribution is 2.19. The maximum absolute atomic E-state index is 11.6. The van der Waals surface area contributed by atoms with E-state index < -0.39 is 0 Å². The van der Waals surface area contributed by atoms with E-state index in [1.165, 1.54) is 10.5 Å². The molecule has 1 rings (SSSR count). The van der Waals surface area contributed by atoms with Gasteiger partial charge in [0, 0.05) is 43.3 Å². The number of benzene rings is 1. The SMILES string of the molecule is COCCNCc1cccc(SCCC(=O)NC(C)C)c1. The quantitative estimate of drug-likeness (QED) is 0.515. The van der Waals surface area contributed by atoms with Gasteiger partial charge in [0.2, 0.25) is 5.91 Å². The summed E-state index contributed by atoms with van der Waals surface area (Å²) in [5, 5.41) is 6.23. The molecule has 0 spiro atoms. The fourth-order valence-electron chi connectivity index (χ4n) is 1.81. The van der Waals surface area contributed by atoms with Crippen molar-refractivity contribution >= 4 is 17.7 Å². The molecule has 0 saturated heterocycles. The van der Waals surface area contributed by atoms with E-state index in [9.17, 15) is 4.79 Å². The zero-order valence-corrected chi connectivity index (χ0v) is 14.0. The van der Waals surface area contributed by atoms with E-state index in [0.29, 0.717) is 6.42 Å². The number of thioether (sulfide) groups is 1. The van der Waals surface area contributed by atoms with E-state index >= 15 is 0 Å². The van der Waals surface area contributed by atoms with E-state index in [2.05, 4.69) is 34.9 Å². The second kappa shape index (κ2) is 10.7. The van der Waals surface area contributed by atoms with E-state index in [4.69, 9.17) is 4.74 Å². The maximum Gasteiger partial charge on any atom is 0.221 e. The molecule has 118 valence electrons. The van der Waals surface area contributed by atoms with Crippen molar-refractivity contribution in [2.75, 3.05) is 26.0 Å². The molecule has 0 fully saturated rings. The number of carbonyl (C=O) groups excluding carboxylic acids is 1. The van der Waals surface area contributed by atoms with Crippen LogP contribution in [0.15, 0.2) is 29.2 Å². The lowest BCUT2D eigenvalue weighted by atomic mass is 10.2. The lowest BCUT2D eigenvalue weighted by Crippen LogP contribution is -2.30. The lowest BCUT2D eigenvalue weighted by molar-refractivity contribution is -0.121. The molecule has 0 bridgehead atoms. The summed E-state index contributed by atoms with van der Waals surface area (Å²) in [4.78, 5) is 12.8. The summed E-state index contributed by atoms with van der Waals surface area (Å²) in [5.74, 6) is 0.925. The Morgan fingerprint density at radius 3 is 2.90 bits per heavy atom. The van der Waals surface area contributed by atoms with Crippen molar-refractivity contribution in [1.82, 2.24) is 10.6 Å². The highest BCUT2D eigenvalue weighted by Gasteiger charge is 2.04. The molecule has 1 aromatic rings. The van der Waals surface area contributed by atoms with Crippen LogP contribution in [-0.2, 0) is 16.1 Å². The first kappa shape index (κ1) is 18.0. The van der Waals surface area contributed by atoms with Crippen LogP contribution in [0.4, 0.5) is 0 Å². The Bertz CT molecular complexity index is 424. The van der Waals surface area contributed by atoms with Gasteiger partial charge >= 0.3 is 0 Å². The molecule has 0 aliphatic rings. The first-order valence-electron chi connectivity index (χ1n) is 7.32. The summed E-state index contributed by atoms with van der Waals surface area (Å²) in [6.45, 7) is 6.37. The van der Waals surface area contributed by atoms with Crippen molar-refractivity contribution in [2.24, 2.45) is 0 Å². The predicted octanol–water partition coefficient (Wildman–Crippen LogP) is 2.43. The van der Waals surface area contributed by atoms with Crippen LogP contribution in [0, 0.1) is 0 Å². The number of hydrogen-bond acceptors (Lipinski definition) is 4. The van der Waals surface area contributed by atoms with Gasteiger partial charge in [-0.1, -0.05) is 12.1 Å². The van der Waals surface area contributed by atoms with Crippen molar-refractivity contribution in [3.8, 4) is 0 Å². The molecular formula is C16H26N2O2S. The average molecular weight is 310 g/mol. The minimum absolute atomic E-state index is 0.120. The van der Waals surface area contributed by atoms with Crippen LogP contribution in [0.25, 0.3) is 0 Å². The third-order valence-corrected chi connectivity index (χ3v) is 3.75. The van der Waals surface area contributed by atoms with Crippen molar-refractivity contribution in [2.45, 2.75) is 37.8 Å². The minimum Gasteiger partial charge on any atom is -0.383 e. The van der Waals surface area contributed by atoms with Gasteiger partial charge in [-0.25, -0.2) is 0 Å². The smallest absolute Gasteiger partial charge is 0.221 e. The Kier molecular flexibility index (Phi) is 9.14. The van der Waals surface area contributed by atoms with Crippen LogP contribution >= 0.6 is 11.8 Å². The summed E-state index contributed by atoms with van der Waals surface area (Å²) in [5.41, 5.74) is 1.25. The molecule has 0 atom stereocenters. The topological polar surface area (TPSA) is 50.4 Å². The van der Waals surface area contributed by atoms with Crippen molar-refractivity contribution in [3.63, 3.8) is 0 Å². The molecule has 5 heteroatoms. The molecule has 0 saturated carbocycles. The van der Waals surface area contributed by atoms with Gasteiger partial charge in [-0.2, -0.15) is 0 Å². The monoisotopic (exact) mass is 310 g/mol. The average Bonchev–Trinajstić information content (AvgIpc) is 2.43. The summed E-state index contributed by atoms with van der Waals surface area (Å²) in [6.07, 6.45) is 0.555. The first-order valence-corrected chi connectivity index (χ1v) is 8.31. The standard InChI is InChI=1S/C16H26N2O2S/c1-13(2)18-16(19)7-10-21-15-6-4-5-14(11-15)12-17-8-9-20-3/h4-6,11,13,17H,7-10,12H2,1-3H3,(H,18,19). The van der Waals surface area contributed by atoms with Crippen molar-refractivity contribution in [3.05, 3.63) is 29.8 Å². The molecule has 2 N–H and O–H groups in total. The molecule has 0 radical (unpaired) electrons. The Labute approximate surface area is 132 Å². The van der Waals surface area contributed by atoms with Gasteiger partial charge in [-0.05, 0) is 31.5 Å². The Hall–Kier alpha value is -1.04. The number of nitrogens with one attached hydrogen (secondary N) is 2. The molecule has 1 amide bonds. The predicted molar refractivity (Wildman–Crippen MR) is 88.6 cm³/mol. The van der Waals surface area contributed by atoms with Gasteiger partial charge in [0.15, 0.2) is 0 Å². The number of ether oxygens (including phenoxy) is 1. The molecule has 0 aliphatic carbocycles. The Balaban J connectivity index is 2.30. The largest absolute Gasteiger partial charge is 0.383 e. The van der Waals surface area contributed by atoms with E-state index in [1.807, 2.05) is 13.8 Å². The molecule has 0 unspecified atom stereocenters. The summed E-state index contributed by atoms with van der Waals surface area (Å²) in [7, 11) is 1.70. The summed E-state index contributed by atoms with van der Waals surface area (Å²) in [6, 6.07) is 8.64. The van der Waals surface area contributed by atoms with Crippen LogP contribution < -0.4 is 10.6 Å². The second-order valence-electron chi connectivity index (χ2n) is 5.14. The number of carbonyl (C=O) groups is 1. The van der Waals surface area contributed by atoms with Gasteiger partial charge in [0.25, 0.3) is 0 Å². The third-order valence-electron chi connectivity index (χ3n) is 2.76. The van der Waals surface area contributed by atoms with Crippen LogP contribution in [0.3, 0.4) is 0 Å². The van der Waals surface area contributed by atoms with Crippen molar-refractivity contribution in [1.29, 1.82) is 0 Å². The van der Waals surface area contributed by atoms with Gasteiger partial charge in [-0.15, -0.1) is 11.8 Å². The summed E-state index contributed by atoms with van der Waals surface area (Å²) < 4.78 is 5.00. The molecule has 0 aromatic heterocycles. The van der Waals surface area contributed by atoms with Crippen molar-refractivity contribution < 1.29 is 9.53 Å². The molecule has 0 aliphatic heterocycles. The highest BCUT2D eigenvalue weighted by molar-refractivity contribution is 7.99. The number of methoxy groups -OCH3 is 1. The normalized spacial score (nSPS) is 10.9. The zero-order chi connectivity index (χ0) is 15.5. The Morgan fingerprint density at radius 1 is 1.38 bits per heavy atom. The van der Waals surface area contributed by atoms with Crippen LogP contribution in [-0.4, -0.2) is 38.0 Å². The number of amides is 1. The molecule has 21 heavy (non-hydrogen) atoms. The molecular weight excluding hydrogens is 284 g/mol. The zero-order valence-electron chi connectivity index (χ0n) is 13.1. The lowest BCUT2D eigenvalue weighted by Gasteiger charge is -2.09. The van der Waals surface area contributed by atoms with Crippen LogP contribution in [0.1, 0.15) is 25.8 Å². The molecule has 0 heterocycles. The van der Waals surface area contributed by atoms with Gasteiger partial charge in [-0.3, -0.25) is 4.79 Å². The van der Waals surface area contributed by atoms with Crippen LogP contribution in [0.2, 0.25) is 0 Å². The highest BCUT2D eigenvalue weighted by atomic mass is 32.2. The fourth-order valence-corrected chi connectivity index (χ4v) is 2.74. The van der Waals surface area contributed by atoms with E-state index in [0.717, 1.165) is 25.4 Å². The van der Waals surface area contributed by atoms with E-state index in [1.54, 1.807) is 18.9 Å².